The van der Waals surface area contributed by atoms with Crippen LogP contribution in [0.5, 0.6) is 0 Å². The minimum absolute atomic E-state index is 0.00582. The molecule has 2 N–H and O–H groups in total. The number of hydrogen-bond donors (Lipinski definition) is 2. The van der Waals surface area contributed by atoms with Crippen molar-refractivity contribution in [3.63, 3.8) is 0 Å². The molecule has 1 heterocycles. The molecule has 0 fully saturated rings. The third-order valence-corrected chi connectivity index (χ3v) is 7.32. The molecule has 0 saturated carbocycles. The first-order valence-electron chi connectivity index (χ1n) is 10.6. The van der Waals surface area contributed by atoms with Crippen LogP contribution in [0.25, 0.3) is 0 Å². The van der Waals surface area contributed by atoms with Gasteiger partial charge in [0.1, 0.15) is 6.04 Å². The molecule has 1 aliphatic heterocycles. The number of carbonyl (C=O) groups is 5. The molecule has 196 valence electrons. The molecular formula is C23H18Cl5N3O6. The molecule has 2 aromatic rings. The van der Waals surface area contributed by atoms with Crippen LogP contribution in [0, 0.1) is 5.92 Å². The normalized spacial score (nSPS) is 13.5. The fraction of sp³-hybridized carbons (Fsp3) is 0.261. The maximum absolute atomic E-state index is 13.2. The first-order chi connectivity index (χ1) is 17.4. The second kappa shape index (κ2) is 11.9. The molecule has 0 aliphatic carbocycles. The van der Waals surface area contributed by atoms with E-state index in [1.165, 1.54) is 12.1 Å². The molecule has 3 rings (SSSR count). The lowest BCUT2D eigenvalue weighted by molar-refractivity contribution is -0.153. The Balaban J connectivity index is 1.73. The fourth-order valence-corrected chi connectivity index (χ4v) is 4.75. The van der Waals surface area contributed by atoms with Crippen LogP contribution in [-0.4, -0.2) is 47.1 Å². The predicted octanol–water partition coefficient (Wildman–Crippen LogP) is 4.97. The molecule has 14 heteroatoms. The first kappa shape index (κ1) is 29.0. The zero-order chi connectivity index (χ0) is 27.6. The average Bonchev–Trinajstić information content (AvgIpc) is 3.11. The number of nitrogens with zero attached hydrogens (tertiary/aromatic N) is 1. The lowest BCUT2D eigenvalue weighted by Gasteiger charge is -2.25. The molecule has 9 nitrogen and oxygen atoms in total. The van der Waals surface area contributed by atoms with Crippen LogP contribution in [0.15, 0.2) is 24.3 Å². The number of hydrogen-bond acceptors (Lipinski definition) is 6. The van der Waals surface area contributed by atoms with Gasteiger partial charge in [-0.1, -0.05) is 84.0 Å². The van der Waals surface area contributed by atoms with Gasteiger partial charge in [0.15, 0.2) is 6.61 Å². The Hall–Kier alpha value is -2.56. The van der Waals surface area contributed by atoms with Crippen molar-refractivity contribution >= 4 is 87.6 Å². The Labute approximate surface area is 236 Å². The van der Waals surface area contributed by atoms with Gasteiger partial charge in [-0.05, 0) is 24.5 Å². The standard InChI is InChI=1S/C23H18Cl5N3O6/c1-9(2)7-12(31-21(34)14-15(22(31)35)17(26)19(28)18(27)16(14)25)23(36)37-8-13(32)29-30-20(33)10-5-3-4-6-11(10)24/h3-6,9,12H,7-8H2,1-2H3,(H,29,32)(H,30,33)/t12-/m0/s1. The highest BCUT2D eigenvalue weighted by molar-refractivity contribution is 6.55. The van der Waals surface area contributed by atoms with E-state index in [-0.39, 0.29) is 54.1 Å². The predicted molar refractivity (Wildman–Crippen MR) is 138 cm³/mol. The molecule has 0 bridgehead atoms. The number of hydrazine groups is 1. The van der Waals surface area contributed by atoms with Crippen LogP contribution in [0.3, 0.4) is 0 Å². The van der Waals surface area contributed by atoms with E-state index < -0.39 is 42.2 Å². The summed E-state index contributed by atoms with van der Waals surface area (Å²) in [5, 5.41) is -0.822. The number of esters is 1. The van der Waals surface area contributed by atoms with Gasteiger partial charge in [-0.15, -0.1) is 0 Å². The van der Waals surface area contributed by atoms with Crippen LogP contribution >= 0.6 is 58.0 Å². The molecule has 0 saturated heterocycles. The molecule has 2 aromatic carbocycles. The maximum atomic E-state index is 13.2. The molecule has 1 aliphatic rings. The number of nitrogens with one attached hydrogen (secondary N) is 2. The van der Waals surface area contributed by atoms with E-state index in [1.807, 2.05) is 0 Å². The van der Waals surface area contributed by atoms with Gasteiger partial charge in [-0.3, -0.25) is 34.9 Å². The van der Waals surface area contributed by atoms with Crippen LogP contribution in [-0.2, 0) is 14.3 Å². The zero-order valence-electron chi connectivity index (χ0n) is 19.2. The smallest absolute Gasteiger partial charge is 0.329 e. The SMILES string of the molecule is CC(C)C[C@@H](C(=O)OCC(=O)NNC(=O)c1ccccc1Cl)N1C(=O)c2c(Cl)c(Cl)c(Cl)c(Cl)c2C1=O. The lowest BCUT2D eigenvalue weighted by atomic mass is 10.0. The Kier molecular flexibility index (Phi) is 9.31. The molecule has 0 spiro atoms. The fourth-order valence-electron chi connectivity index (χ4n) is 3.51. The maximum Gasteiger partial charge on any atom is 0.329 e. The Morgan fingerprint density at radius 2 is 1.41 bits per heavy atom. The Bertz CT molecular complexity index is 1270. The Morgan fingerprint density at radius 1 is 0.865 bits per heavy atom. The monoisotopic (exact) mass is 607 g/mol. The number of halogens is 5. The largest absolute Gasteiger partial charge is 0.454 e. The minimum Gasteiger partial charge on any atom is -0.454 e. The van der Waals surface area contributed by atoms with E-state index in [0.29, 0.717) is 4.90 Å². The van der Waals surface area contributed by atoms with Crippen molar-refractivity contribution in [2.75, 3.05) is 6.61 Å². The molecule has 0 unspecified atom stereocenters. The first-order valence-corrected chi connectivity index (χ1v) is 12.5. The summed E-state index contributed by atoms with van der Waals surface area (Å²) in [6, 6.07) is 4.74. The lowest BCUT2D eigenvalue weighted by Crippen LogP contribution is -2.48. The van der Waals surface area contributed by atoms with Crippen LogP contribution in [0.2, 0.25) is 25.1 Å². The summed E-state index contributed by atoms with van der Waals surface area (Å²) in [5.41, 5.74) is 3.77. The van der Waals surface area contributed by atoms with Crippen molar-refractivity contribution in [1.29, 1.82) is 0 Å². The highest BCUT2D eigenvalue weighted by atomic mass is 35.5. The van der Waals surface area contributed by atoms with Crippen LogP contribution in [0.4, 0.5) is 0 Å². The van der Waals surface area contributed by atoms with Gasteiger partial charge in [0.2, 0.25) is 0 Å². The van der Waals surface area contributed by atoms with Gasteiger partial charge < -0.3 is 4.74 Å². The topological polar surface area (TPSA) is 122 Å². The number of rotatable bonds is 7. The molecule has 37 heavy (non-hydrogen) atoms. The van der Waals surface area contributed by atoms with Crippen molar-refractivity contribution in [2.45, 2.75) is 26.3 Å². The number of fused-ring (bicyclic) bond motifs is 1. The van der Waals surface area contributed by atoms with Crippen LogP contribution in [0.1, 0.15) is 51.3 Å². The third kappa shape index (κ3) is 5.97. The van der Waals surface area contributed by atoms with Gasteiger partial charge in [-0.25, -0.2) is 4.79 Å². The summed E-state index contributed by atoms with van der Waals surface area (Å²) in [7, 11) is 0. The number of carbonyl (C=O) groups excluding carboxylic acids is 5. The average molecular weight is 610 g/mol. The highest BCUT2D eigenvalue weighted by Gasteiger charge is 2.47. The van der Waals surface area contributed by atoms with Crippen molar-refractivity contribution in [3.8, 4) is 0 Å². The summed E-state index contributed by atoms with van der Waals surface area (Å²) < 4.78 is 5.05. The van der Waals surface area contributed by atoms with Gasteiger partial charge in [0.25, 0.3) is 23.6 Å². The van der Waals surface area contributed by atoms with E-state index in [1.54, 1.807) is 26.0 Å². The number of amides is 4. The summed E-state index contributed by atoms with van der Waals surface area (Å²) in [6.45, 7) is 2.69. The third-order valence-electron chi connectivity index (χ3n) is 5.19. The molecule has 4 amide bonds. The molecule has 0 aromatic heterocycles. The number of benzene rings is 2. The van der Waals surface area contributed by atoms with Gasteiger partial charge in [0.05, 0.1) is 41.8 Å². The van der Waals surface area contributed by atoms with Gasteiger partial charge >= 0.3 is 5.97 Å². The minimum atomic E-state index is -1.41. The van der Waals surface area contributed by atoms with Crippen molar-refractivity contribution < 1.29 is 28.7 Å². The van der Waals surface area contributed by atoms with E-state index in [4.69, 9.17) is 62.7 Å². The number of imide groups is 1. The summed E-state index contributed by atoms with van der Waals surface area (Å²) >= 11 is 30.3. The van der Waals surface area contributed by atoms with E-state index in [2.05, 4.69) is 10.9 Å². The molecule has 1 atom stereocenters. The van der Waals surface area contributed by atoms with Crippen molar-refractivity contribution in [1.82, 2.24) is 15.8 Å². The zero-order valence-corrected chi connectivity index (χ0v) is 22.9. The second-order valence-corrected chi connectivity index (χ2v) is 10.1. The van der Waals surface area contributed by atoms with Gasteiger partial charge in [0, 0.05) is 0 Å². The van der Waals surface area contributed by atoms with E-state index >= 15 is 0 Å². The Morgan fingerprint density at radius 3 is 1.92 bits per heavy atom. The van der Waals surface area contributed by atoms with E-state index in [0.717, 1.165) is 0 Å². The van der Waals surface area contributed by atoms with E-state index in [9.17, 15) is 24.0 Å². The summed E-state index contributed by atoms with van der Waals surface area (Å²) in [4.78, 5) is 64.3. The molecule has 0 radical (unpaired) electrons. The quantitative estimate of drug-likeness (QED) is 0.150. The molecular weight excluding hydrogens is 592 g/mol. The second-order valence-electron chi connectivity index (χ2n) is 8.22. The highest BCUT2D eigenvalue weighted by Crippen LogP contribution is 2.45. The summed E-state index contributed by atoms with van der Waals surface area (Å²) in [6.07, 6.45) is 0.00582. The van der Waals surface area contributed by atoms with Crippen molar-refractivity contribution in [3.05, 3.63) is 66.1 Å². The van der Waals surface area contributed by atoms with Crippen molar-refractivity contribution in [2.24, 2.45) is 5.92 Å². The number of ether oxygens (including phenoxy) is 1. The van der Waals surface area contributed by atoms with Crippen LogP contribution < -0.4 is 10.9 Å². The van der Waals surface area contributed by atoms with Gasteiger partial charge in [-0.2, -0.15) is 0 Å². The summed E-state index contributed by atoms with van der Waals surface area (Å²) in [5.74, 6) is -4.62.